The van der Waals surface area contributed by atoms with E-state index in [1.54, 1.807) is 6.07 Å². The van der Waals surface area contributed by atoms with Crippen molar-refractivity contribution in [2.45, 2.75) is 32.1 Å². The Hall–Kier alpha value is -1.87. The standard InChI is InChI=1S/C13H19N3O2Si/c1-19(2,3)8-4-7-15-13-6-5-12(16(17)18)9-11(13)10-14/h5-6,9,15H,4,7-8H2,1-3H3. The highest BCUT2D eigenvalue weighted by Gasteiger charge is 2.13. The fraction of sp³-hybridized carbons (Fsp3) is 0.462. The van der Waals surface area contributed by atoms with E-state index in [4.69, 9.17) is 5.26 Å². The first-order chi connectivity index (χ1) is 8.83. The van der Waals surface area contributed by atoms with Gasteiger partial charge in [0.05, 0.1) is 16.2 Å². The summed E-state index contributed by atoms with van der Waals surface area (Å²) in [7, 11) is -1.04. The lowest BCUT2D eigenvalue weighted by Gasteiger charge is -2.16. The molecule has 5 nitrogen and oxygen atoms in total. The Morgan fingerprint density at radius 2 is 2.11 bits per heavy atom. The minimum Gasteiger partial charge on any atom is -0.384 e. The van der Waals surface area contributed by atoms with Gasteiger partial charge in [0, 0.05) is 26.8 Å². The molecule has 1 N–H and O–H groups in total. The lowest BCUT2D eigenvalue weighted by molar-refractivity contribution is -0.384. The predicted octanol–water partition coefficient (Wildman–Crippen LogP) is 3.61. The molecule has 1 rings (SSSR count). The molecule has 0 radical (unpaired) electrons. The molecule has 0 spiro atoms. The number of benzene rings is 1. The van der Waals surface area contributed by atoms with E-state index in [1.165, 1.54) is 18.2 Å². The van der Waals surface area contributed by atoms with Gasteiger partial charge in [-0.1, -0.05) is 25.7 Å². The van der Waals surface area contributed by atoms with E-state index in [9.17, 15) is 10.1 Å². The number of nitrogens with zero attached hydrogens (tertiary/aromatic N) is 2. The molecule has 6 heteroatoms. The van der Waals surface area contributed by atoms with Crippen molar-refractivity contribution in [2.75, 3.05) is 11.9 Å². The van der Waals surface area contributed by atoms with Gasteiger partial charge < -0.3 is 5.32 Å². The summed E-state index contributed by atoms with van der Waals surface area (Å²) < 4.78 is 0. The van der Waals surface area contributed by atoms with E-state index in [0.717, 1.165) is 13.0 Å². The zero-order chi connectivity index (χ0) is 14.5. The Morgan fingerprint density at radius 3 is 2.63 bits per heavy atom. The van der Waals surface area contributed by atoms with Crippen LogP contribution in [0, 0.1) is 21.4 Å². The first-order valence-electron chi connectivity index (χ1n) is 6.26. The van der Waals surface area contributed by atoms with Crippen LogP contribution in [0.3, 0.4) is 0 Å². The largest absolute Gasteiger partial charge is 0.384 e. The van der Waals surface area contributed by atoms with Gasteiger partial charge in [0.1, 0.15) is 6.07 Å². The quantitative estimate of drug-likeness (QED) is 0.373. The highest BCUT2D eigenvalue weighted by molar-refractivity contribution is 6.76. The molecule has 0 saturated carbocycles. The summed E-state index contributed by atoms with van der Waals surface area (Å²) in [5, 5.41) is 22.8. The molecule has 0 bridgehead atoms. The van der Waals surface area contributed by atoms with Crippen molar-refractivity contribution < 1.29 is 4.92 Å². The van der Waals surface area contributed by atoms with Crippen LogP contribution in [0.1, 0.15) is 12.0 Å². The molecule has 0 atom stereocenters. The molecule has 0 heterocycles. The van der Waals surface area contributed by atoms with Crippen LogP contribution in [0.15, 0.2) is 18.2 Å². The second-order valence-electron chi connectivity index (χ2n) is 5.69. The predicted molar refractivity (Wildman–Crippen MR) is 79.1 cm³/mol. The fourth-order valence-electron chi connectivity index (χ4n) is 1.73. The van der Waals surface area contributed by atoms with Crippen LogP contribution in [0.25, 0.3) is 0 Å². The minimum absolute atomic E-state index is 0.0517. The third-order valence-electron chi connectivity index (χ3n) is 2.75. The van der Waals surface area contributed by atoms with E-state index >= 15 is 0 Å². The van der Waals surface area contributed by atoms with Crippen molar-refractivity contribution in [1.82, 2.24) is 0 Å². The number of nitro groups is 1. The van der Waals surface area contributed by atoms with Crippen LogP contribution in [-0.2, 0) is 0 Å². The molecule has 0 unspecified atom stereocenters. The molecule has 0 fully saturated rings. The van der Waals surface area contributed by atoms with E-state index in [2.05, 4.69) is 25.0 Å². The van der Waals surface area contributed by atoms with Crippen molar-refractivity contribution in [1.29, 1.82) is 5.26 Å². The lowest BCUT2D eigenvalue weighted by atomic mass is 10.1. The molecular weight excluding hydrogens is 258 g/mol. The average molecular weight is 277 g/mol. The Labute approximate surface area is 114 Å². The van der Waals surface area contributed by atoms with Gasteiger partial charge in [0.25, 0.3) is 5.69 Å². The molecule has 0 saturated heterocycles. The molecule has 102 valence electrons. The highest BCUT2D eigenvalue weighted by Crippen LogP contribution is 2.21. The number of hydrogen-bond acceptors (Lipinski definition) is 4. The van der Waals surface area contributed by atoms with Crippen molar-refractivity contribution in [3.8, 4) is 6.07 Å². The second kappa shape index (κ2) is 6.34. The zero-order valence-corrected chi connectivity index (χ0v) is 12.6. The van der Waals surface area contributed by atoms with Gasteiger partial charge in [-0.05, 0) is 12.5 Å². The van der Waals surface area contributed by atoms with Crippen LogP contribution in [0.2, 0.25) is 25.7 Å². The van der Waals surface area contributed by atoms with Gasteiger partial charge in [-0.25, -0.2) is 0 Å². The Bertz CT molecular complexity index is 504. The second-order valence-corrected chi connectivity index (χ2v) is 11.3. The number of rotatable bonds is 6. The molecule has 0 aromatic heterocycles. The fourth-order valence-corrected chi connectivity index (χ4v) is 2.97. The molecular formula is C13H19N3O2Si. The van der Waals surface area contributed by atoms with Crippen molar-refractivity contribution in [3.05, 3.63) is 33.9 Å². The van der Waals surface area contributed by atoms with Gasteiger partial charge in [-0.15, -0.1) is 0 Å². The van der Waals surface area contributed by atoms with Crippen molar-refractivity contribution >= 4 is 19.4 Å². The molecule has 0 amide bonds. The molecule has 0 aliphatic rings. The van der Waals surface area contributed by atoms with E-state index in [-0.39, 0.29) is 5.69 Å². The van der Waals surface area contributed by atoms with E-state index in [0.29, 0.717) is 11.3 Å². The van der Waals surface area contributed by atoms with Crippen molar-refractivity contribution in [3.63, 3.8) is 0 Å². The maximum Gasteiger partial charge on any atom is 0.270 e. The zero-order valence-electron chi connectivity index (χ0n) is 11.6. The van der Waals surface area contributed by atoms with E-state index in [1.807, 2.05) is 6.07 Å². The summed E-state index contributed by atoms with van der Waals surface area (Å²) in [6.07, 6.45) is 1.05. The Kier molecular flexibility index (Phi) is 5.07. The third-order valence-corrected chi connectivity index (χ3v) is 4.61. The van der Waals surface area contributed by atoms with Gasteiger partial charge in [0.15, 0.2) is 0 Å². The molecule has 0 aliphatic carbocycles. The molecule has 0 aliphatic heterocycles. The number of anilines is 1. The number of nitriles is 1. The van der Waals surface area contributed by atoms with Gasteiger partial charge >= 0.3 is 0 Å². The SMILES string of the molecule is C[Si](C)(C)CCCNc1ccc([N+](=O)[O-])cc1C#N. The Morgan fingerprint density at radius 1 is 1.42 bits per heavy atom. The summed E-state index contributed by atoms with van der Waals surface area (Å²) in [4.78, 5) is 10.1. The third kappa shape index (κ3) is 5.10. The molecule has 19 heavy (non-hydrogen) atoms. The average Bonchev–Trinajstić information content (AvgIpc) is 2.33. The smallest absolute Gasteiger partial charge is 0.270 e. The van der Waals surface area contributed by atoms with Crippen LogP contribution in [0.4, 0.5) is 11.4 Å². The Balaban J connectivity index is 2.64. The van der Waals surface area contributed by atoms with Crippen LogP contribution < -0.4 is 5.32 Å². The number of hydrogen-bond donors (Lipinski definition) is 1. The minimum atomic E-state index is -1.04. The van der Waals surface area contributed by atoms with Gasteiger partial charge in [-0.2, -0.15) is 5.26 Å². The maximum atomic E-state index is 10.6. The van der Waals surface area contributed by atoms with E-state index < -0.39 is 13.0 Å². The summed E-state index contributed by atoms with van der Waals surface area (Å²) >= 11 is 0. The molecule has 1 aromatic rings. The first-order valence-corrected chi connectivity index (χ1v) is 9.96. The highest BCUT2D eigenvalue weighted by atomic mass is 28.3. The first kappa shape index (κ1) is 15.2. The monoisotopic (exact) mass is 277 g/mol. The summed E-state index contributed by atoms with van der Waals surface area (Å²) in [5.41, 5.74) is 0.940. The normalized spacial score (nSPS) is 10.8. The van der Waals surface area contributed by atoms with Crippen LogP contribution in [0.5, 0.6) is 0 Å². The number of nitrogens with one attached hydrogen (secondary N) is 1. The van der Waals surface area contributed by atoms with Gasteiger partial charge in [-0.3, -0.25) is 10.1 Å². The van der Waals surface area contributed by atoms with Crippen LogP contribution in [-0.4, -0.2) is 19.5 Å². The number of non-ortho nitro benzene ring substituents is 1. The summed E-state index contributed by atoms with van der Waals surface area (Å²) in [6.45, 7) is 7.75. The lowest BCUT2D eigenvalue weighted by Crippen LogP contribution is -2.20. The maximum absolute atomic E-state index is 10.6. The summed E-state index contributed by atoms with van der Waals surface area (Å²) in [5.74, 6) is 0. The van der Waals surface area contributed by atoms with Crippen molar-refractivity contribution in [2.24, 2.45) is 0 Å². The topological polar surface area (TPSA) is 79.0 Å². The summed E-state index contributed by atoms with van der Waals surface area (Å²) in [6, 6.07) is 7.53. The van der Waals surface area contributed by atoms with Crippen LogP contribution >= 0.6 is 0 Å². The van der Waals surface area contributed by atoms with Gasteiger partial charge in [0.2, 0.25) is 0 Å². The molecule has 1 aromatic carbocycles. The number of nitro benzene ring substituents is 1.